The van der Waals surface area contributed by atoms with Crippen molar-refractivity contribution in [1.29, 1.82) is 0 Å². The number of carboxylic acids is 3. The van der Waals surface area contributed by atoms with Gasteiger partial charge in [0.25, 0.3) is 0 Å². The second-order valence-corrected chi connectivity index (χ2v) is 6.16. The molecule has 6 nitrogen and oxygen atoms in total. The molecule has 2 bridgehead atoms. The molecule has 0 aliphatic heterocycles. The molecule has 0 aromatic heterocycles. The Balaban J connectivity index is 1.88. The summed E-state index contributed by atoms with van der Waals surface area (Å²) in [5.41, 5.74) is 1.08. The number of carboxylic acid groups (broad SMARTS) is 3. The van der Waals surface area contributed by atoms with E-state index >= 15 is 0 Å². The van der Waals surface area contributed by atoms with E-state index in [2.05, 4.69) is 0 Å². The summed E-state index contributed by atoms with van der Waals surface area (Å²) in [6.07, 6.45) is 1.26. The van der Waals surface area contributed by atoms with Gasteiger partial charge in [-0.3, -0.25) is 9.59 Å². The van der Waals surface area contributed by atoms with Crippen LogP contribution in [0.15, 0.2) is 24.3 Å². The van der Waals surface area contributed by atoms with Crippen LogP contribution in [0.1, 0.15) is 34.7 Å². The predicted octanol–water partition coefficient (Wildman–Crippen LogP) is 1.91. The van der Waals surface area contributed by atoms with Gasteiger partial charge >= 0.3 is 17.9 Å². The summed E-state index contributed by atoms with van der Waals surface area (Å²) >= 11 is 0. The minimum atomic E-state index is -1.05. The van der Waals surface area contributed by atoms with Crippen molar-refractivity contribution in [3.63, 3.8) is 0 Å². The zero-order valence-electron chi connectivity index (χ0n) is 11.7. The summed E-state index contributed by atoms with van der Waals surface area (Å²) in [5.74, 6) is -5.07. The summed E-state index contributed by atoms with van der Waals surface area (Å²) in [7, 11) is 0. The fourth-order valence-corrected chi connectivity index (χ4v) is 4.31. The highest BCUT2D eigenvalue weighted by molar-refractivity contribution is 5.87. The molecule has 1 aromatic rings. The van der Waals surface area contributed by atoms with Gasteiger partial charge in [0.2, 0.25) is 0 Å². The summed E-state index contributed by atoms with van der Waals surface area (Å²) < 4.78 is 0. The van der Waals surface area contributed by atoms with E-state index in [1.807, 2.05) is 0 Å². The van der Waals surface area contributed by atoms with Gasteiger partial charge in [0.05, 0.1) is 17.4 Å². The van der Waals surface area contributed by atoms with Gasteiger partial charge in [0.1, 0.15) is 0 Å². The van der Waals surface area contributed by atoms with Crippen molar-refractivity contribution in [1.82, 2.24) is 0 Å². The standard InChI is InChI=1S/C16H16O6/c17-14(18)8-3-1-7(2-4-8)10-5-9-6-11(10)13(16(21)22)12(9)15(19)20/h1-4,9-13H,5-6H2,(H,17,18)(H,19,20)(H,21,22). The number of aromatic carboxylic acids is 1. The number of carbonyl (C=O) groups is 3. The Labute approximate surface area is 126 Å². The molecule has 2 aliphatic carbocycles. The first kappa shape index (κ1) is 14.6. The minimum Gasteiger partial charge on any atom is -0.481 e. The molecule has 22 heavy (non-hydrogen) atoms. The quantitative estimate of drug-likeness (QED) is 0.783. The number of benzene rings is 1. The SMILES string of the molecule is O=C(O)c1ccc(C2CC3CC2C(C(=O)O)C3C(=O)O)cc1. The lowest BCUT2D eigenvalue weighted by Crippen LogP contribution is -2.37. The van der Waals surface area contributed by atoms with Crippen molar-refractivity contribution in [2.45, 2.75) is 18.8 Å². The van der Waals surface area contributed by atoms with Crippen molar-refractivity contribution < 1.29 is 29.7 Å². The number of hydrogen-bond acceptors (Lipinski definition) is 3. The fourth-order valence-electron chi connectivity index (χ4n) is 4.31. The second kappa shape index (κ2) is 5.12. The highest BCUT2D eigenvalue weighted by Crippen LogP contribution is 2.58. The third-order valence-electron chi connectivity index (χ3n) is 5.16. The zero-order valence-corrected chi connectivity index (χ0v) is 11.7. The third kappa shape index (κ3) is 2.15. The van der Waals surface area contributed by atoms with E-state index in [4.69, 9.17) is 5.11 Å². The minimum absolute atomic E-state index is 0.00968. The van der Waals surface area contributed by atoms with Gasteiger partial charge < -0.3 is 15.3 Å². The highest BCUT2D eigenvalue weighted by atomic mass is 16.4. The van der Waals surface area contributed by atoms with Gasteiger partial charge in [-0.1, -0.05) is 12.1 Å². The van der Waals surface area contributed by atoms with E-state index in [1.54, 1.807) is 12.1 Å². The van der Waals surface area contributed by atoms with Gasteiger partial charge in [-0.05, 0) is 48.3 Å². The maximum atomic E-state index is 11.5. The maximum absolute atomic E-state index is 11.5. The Kier molecular flexibility index (Phi) is 3.39. The smallest absolute Gasteiger partial charge is 0.335 e. The van der Waals surface area contributed by atoms with Gasteiger partial charge in [-0.2, -0.15) is 0 Å². The van der Waals surface area contributed by atoms with Crippen molar-refractivity contribution >= 4 is 17.9 Å². The van der Waals surface area contributed by atoms with Crippen LogP contribution in [0, 0.1) is 23.7 Å². The normalized spacial score (nSPS) is 32.8. The molecular formula is C16H16O6. The first-order chi connectivity index (χ1) is 10.4. The lowest BCUT2D eigenvalue weighted by molar-refractivity contribution is -0.156. The van der Waals surface area contributed by atoms with Crippen molar-refractivity contribution in [2.75, 3.05) is 0 Å². The number of aliphatic carboxylic acids is 2. The molecule has 0 spiro atoms. The molecule has 116 valence electrons. The van der Waals surface area contributed by atoms with E-state index in [1.165, 1.54) is 12.1 Å². The summed E-state index contributed by atoms with van der Waals surface area (Å²) in [6.45, 7) is 0. The lowest BCUT2D eigenvalue weighted by atomic mass is 9.71. The molecule has 2 saturated carbocycles. The van der Waals surface area contributed by atoms with E-state index < -0.39 is 29.7 Å². The Hall–Kier alpha value is -2.37. The maximum Gasteiger partial charge on any atom is 0.335 e. The molecule has 5 atom stereocenters. The van der Waals surface area contributed by atoms with Crippen LogP contribution < -0.4 is 0 Å². The second-order valence-electron chi connectivity index (χ2n) is 6.16. The van der Waals surface area contributed by atoms with Crippen LogP contribution in [0.25, 0.3) is 0 Å². The van der Waals surface area contributed by atoms with Crippen LogP contribution in [0.3, 0.4) is 0 Å². The van der Waals surface area contributed by atoms with Gasteiger partial charge in [0, 0.05) is 0 Å². The number of hydrogen-bond donors (Lipinski definition) is 3. The average Bonchev–Trinajstić information content (AvgIpc) is 3.04. The summed E-state index contributed by atoms with van der Waals surface area (Å²) in [6, 6.07) is 6.44. The average molecular weight is 304 g/mol. The predicted molar refractivity (Wildman–Crippen MR) is 74.6 cm³/mol. The molecule has 2 fully saturated rings. The van der Waals surface area contributed by atoms with Gasteiger partial charge in [-0.15, -0.1) is 0 Å². The van der Waals surface area contributed by atoms with Crippen LogP contribution >= 0.6 is 0 Å². The molecule has 0 amide bonds. The van der Waals surface area contributed by atoms with E-state index in [0.717, 1.165) is 5.56 Å². The van der Waals surface area contributed by atoms with Crippen LogP contribution in [-0.4, -0.2) is 33.2 Å². The monoisotopic (exact) mass is 304 g/mol. The molecule has 0 radical (unpaired) electrons. The highest BCUT2D eigenvalue weighted by Gasteiger charge is 2.58. The Morgan fingerprint density at radius 1 is 0.864 bits per heavy atom. The third-order valence-corrected chi connectivity index (χ3v) is 5.16. The van der Waals surface area contributed by atoms with Crippen molar-refractivity contribution in [3.8, 4) is 0 Å². The fraction of sp³-hybridized carbons (Fsp3) is 0.438. The first-order valence-corrected chi connectivity index (χ1v) is 7.19. The molecule has 0 heterocycles. The Bertz CT molecular complexity index is 635. The summed E-state index contributed by atoms with van der Waals surface area (Å²) in [5, 5.41) is 27.6. The van der Waals surface area contributed by atoms with Crippen LogP contribution in [-0.2, 0) is 9.59 Å². The van der Waals surface area contributed by atoms with E-state index in [-0.39, 0.29) is 23.3 Å². The van der Waals surface area contributed by atoms with Crippen LogP contribution in [0.5, 0.6) is 0 Å². The largest absolute Gasteiger partial charge is 0.481 e. The Morgan fingerprint density at radius 2 is 1.45 bits per heavy atom. The van der Waals surface area contributed by atoms with Gasteiger partial charge in [-0.25, -0.2) is 4.79 Å². The Morgan fingerprint density at radius 3 is 1.95 bits per heavy atom. The zero-order chi connectivity index (χ0) is 16.0. The molecule has 3 rings (SSSR count). The molecular weight excluding hydrogens is 288 g/mol. The molecule has 1 aromatic carbocycles. The lowest BCUT2D eigenvalue weighted by Gasteiger charge is -2.31. The molecule has 3 N–H and O–H groups in total. The number of fused-ring (bicyclic) bond motifs is 2. The molecule has 6 heteroatoms. The van der Waals surface area contributed by atoms with Gasteiger partial charge in [0.15, 0.2) is 0 Å². The van der Waals surface area contributed by atoms with E-state index in [0.29, 0.717) is 12.8 Å². The van der Waals surface area contributed by atoms with Crippen LogP contribution in [0.4, 0.5) is 0 Å². The van der Waals surface area contributed by atoms with Crippen molar-refractivity contribution in [3.05, 3.63) is 35.4 Å². The number of rotatable bonds is 4. The first-order valence-electron chi connectivity index (χ1n) is 7.19. The molecule has 5 unspecified atom stereocenters. The molecule has 2 aliphatic rings. The van der Waals surface area contributed by atoms with Crippen molar-refractivity contribution in [2.24, 2.45) is 23.7 Å². The molecule has 0 saturated heterocycles. The van der Waals surface area contributed by atoms with Crippen LogP contribution in [0.2, 0.25) is 0 Å². The van der Waals surface area contributed by atoms with E-state index in [9.17, 15) is 24.6 Å². The summed E-state index contributed by atoms with van der Waals surface area (Å²) in [4.78, 5) is 33.7. The topological polar surface area (TPSA) is 112 Å².